The van der Waals surface area contributed by atoms with E-state index in [1.807, 2.05) is 13.8 Å². The van der Waals surface area contributed by atoms with E-state index in [0.717, 1.165) is 6.42 Å². The number of benzene rings is 2. The highest BCUT2D eigenvalue weighted by Gasteiger charge is 2.34. The maximum Gasteiger partial charge on any atom is 0.323 e. The van der Waals surface area contributed by atoms with Crippen LogP contribution in [0.1, 0.15) is 61.8 Å². The van der Waals surface area contributed by atoms with Gasteiger partial charge in [-0.2, -0.15) is 4.31 Å². The number of aromatic nitrogens is 1. The molecule has 4 rings (SSSR count). The Morgan fingerprint density at radius 1 is 1.12 bits per heavy atom. The molecule has 0 radical (unpaired) electrons. The molecule has 1 aliphatic heterocycles. The molecule has 0 unspecified atom stereocenters. The Balaban J connectivity index is 1.63. The quantitative estimate of drug-likeness (QED) is 0.287. The molecule has 268 valence electrons. The van der Waals surface area contributed by atoms with E-state index in [1.165, 1.54) is 46.6 Å². The summed E-state index contributed by atoms with van der Waals surface area (Å²) in [5.41, 5.74) is 1.12. The SMILES string of the molecule is Cc1noc(C)c1S(=O)(=O)N(C)C[C@H]1OCCCC[C@@H](C)Oc2ccc(NC(=O)Nc3ccc(F)cc3)cc2C(=O)N([C@@H](C)CO)C[C@@H]1C. The number of rotatable bonds is 8. The second-order valence-electron chi connectivity index (χ2n) is 12.5. The van der Waals surface area contributed by atoms with Crippen molar-refractivity contribution >= 4 is 33.3 Å². The van der Waals surface area contributed by atoms with Gasteiger partial charge in [-0.25, -0.2) is 17.6 Å². The van der Waals surface area contributed by atoms with Crippen LogP contribution < -0.4 is 15.4 Å². The number of halogens is 1. The third-order valence-electron chi connectivity index (χ3n) is 8.48. The lowest BCUT2D eigenvalue weighted by molar-refractivity contribution is -0.00835. The van der Waals surface area contributed by atoms with Crippen LogP contribution in [0.3, 0.4) is 0 Å². The van der Waals surface area contributed by atoms with Gasteiger partial charge in [0.05, 0.1) is 30.4 Å². The van der Waals surface area contributed by atoms with Gasteiger partial charge >= 0.3 is 6.03 Å². The molecule has 0 aliphatic carbocycles. The number of aryl methyl sites for hydroxylation is 2. The Morgan fingerprint density at radius 2 is 1.80 bits per heavy atom. The Bertz CT molecular complexity index is 1680. The summed E-state index contributed by atoms with van der Waals surface area (Å²) in [6, 6.07) is 8.82. The molecule has 0 fully saturated rings. The normalized spacial score (nSPS) is 20.2. The largest absolute Gasteiger partial charge is 0.490 e. The van der Waals surface area contributed by atoms with E-state index in [2.05, 4.69) is 15.8 Å². The lowest BCUT2D eigenvalue weighted by Gasteiger charge is -2.35. The molecule has 3 amide bonds. The average Bonchev–Trinajstić information content (AvgIpc) is 3.41. The lowest BCUT2D eigenvalue weighted by Crippen LogP contribution is -2.48. The third-order valence-corrected chi connectivity index (χ3v) is 10.6. The summed E-state index contributed by atoms with van der Waals surface area (Å²) in [6.45, 7) is 8.73. The molecule has 13 nitrogen and oxygen atoms in total. The molecular formula is C34H46FN5O8S. The van der Waals surface area contributed by atoms with Gasteiger partial charge in [-0.15, -0.1) is 0 Å². The predicted molar refractivity (Wildman–Crippen MR) is 182 cm³/mol. The van der Waals surface area contributed by atoms with Gasteiger partial charge in [0.15, 0.2) is 5.76 Å². The fourth-order valence-electron chi connectivity index (χ4n) is 5.64. The molecule has 1 aliphatic rings. The summed E-state index contributed by atoms with van der Waals surface area (Å²) >= 11 is 0. The van der Waals surface area contributed by atoms with Crippen LogP contribution in [0.4, 0.5) is 20.6 Å². The highest BCUT2D eigenvalue weighted by molar-refractivity contribution is 7.89. The number of carbonyl (C=O) groups is 2. The van der Waals surface area contributed by atoms with Gasteiger partial charge in [0.1, 0.15) is 22.2 Å². The smallest absolute Gasteiger partial charge is 0.323 e. The molecule has 0 bridgehead atoms. The van der Waals surface area contributed by atoms with E-state index in [-0.39, 0.29) is 53.6 Å². The van der Waals surface area contributed by atoms with Crippen molar-refractivity contribution in [1.82, 2.24) is 14.4 Å². The number of hydrogen-bond donors (Lipinski definition) is 3. The van der Waals surface area contributed by atoms with Crippen molar-refractivity contribution in [1.29, 1.82) is 0 Å². The van der Waals surface area contributed by atoms with Crippen molar-refractivity contribution in [3.8, 4) is 5.75 Å². The first-order chi connectivity index (χ1) is 23.2. The summed E-state index contributed by atoms with van der Waals surface area (Å²) in [5, 5.41) is 19.3. The number of aliphatic hydroxyl groups is 1. The molecule has 3 N–H and O–H groups in total. The first kappa shape index (κ1) is 37.8. The van der Waals surface area contributed by atoms with Gasteiger partial charge in [-0.1, -0.05) is 12.1 Å². The number of fused-ring (bicyclic) bond motifs is 1. The topological polar surface area (TPSA) is 164 Å². The van der Waals surface area contributed by atoms with Crippen LogP contribution in [0.15, 0.2) is 51.9 Å². The number of carbonyl (C=O) groups excluding carboxylic acids is 2. The lowest BCUT2D eigenvalue weighted by atomic mass is 10.0. The number of sulfonamides is 1. The molecule has 0 spiro atoms. The van der Waals surface area contributed by atoms with Crippen LogP contribution in [0, 0.1) is 25.6 Å². The van der Waals surface area contributed by atoms with Crippen LogP contribution in [-0.4, -0.2) is 91.4 Å². The maximum absolute atomic E-state index is 14.3. The minimum Gasteiger partial charge on any atom is -0.490 e. The standard InChI is InChI=1S/C34H46FN5O8S/c1-21-18-40(22(2)20-41)33(42)29-17-28(37-34(43)36-27-12-10-26(35)11-13-27)14-15-30(29)47-23(3)9-7-8-16-46-31(21)19-39(6)49(44,45)32-24(4)38-48-25(32)5/h10-15,17,21-23,31,41H,7-9,16,18-20H2,1-6H3,(H2,36,37,43)/t21-,22-,23+,31+/m0/s1. The van der Waals surface area contributed by atoms with Crippen LogP contribution in [0.5, 0.6) is 5.75 Å². The Hall–Kier alpha value is -4.05. The van der Waals surface area contributed by atoms with Crippen molar-refractivity contribution in [2.24, 2.45) is 5.92 Å². The number of nitrogens with one attached hydrogen (secondary N) is 2. The monoisotopic (exact) mass is 703 g/mol. The van der Waals surface area contributed by atoms with Crippen LogP contribution in [-0.2, 0) is 14.8 Å². The number of likely N-dealkylation sites (N-methyl/N-ethyl adjacent to an activating group) is 1. The number of amides is 3. The van der Waals surface area contributed by atoms with Gasteiger partial charge in [-0.3, -0.25) is 4.79 Å². The molecule has 2 heterocycles. The fourth-order valence-corrected chi connectivity index (χ4v) is 7.11. The fraction of sp³-hybridized carbons (Fsp3) is 0.500. The van der Waals surface area contributed by atoms with Crippen molar-refractivity contribution in [3.05, 3.63) is 65.3 Å². The van der Waals surface area contributed by atoms with E-state index >= 15 is 0 Å². The number of aliphatic hydroxyl groups excluding tert-OH is 1. The third kappa shape index (κ3) is 9.56. The van der Waals surface area contributed by atoms with E-state index < -0.39 is 39.9 Å². The molecule has 4 atom stereocenters. The Labute approximate surface area is 286 Å². The van der Waals surface area contributed by atoms with E-state index in [0.29, 0.717) is 36.6 Å². The van der Waals surface area contributed by atoms with Gasteiger partial charge < -0.3 is 34.6 Å². The zero-order valence-corrected chi connectivity index (χ0v) is 29.5. The van der Waals surface area contributed by atoms with Crippen LogP contribution in [0.2, 0.25) is 0 Å². The molecule has 0 saturated carbocycles. The first-order valence-electron chi connectivity index (χ1n) is 16.3. The predicted octanol–water partition coefficient (Wildman–Crippen LogP) is 5.19. The Kier molecular flexibility index (Phi) is 12.8. The minimum absolute atomic E-state index is 0.00354. The van der Waals surface area contributed by atoms with Crippen molar-refractivity contribution in [2.75, 3.05) is 44.0 Å². The summed E-state index contributed by atoms with van der Waals surface area (Å²) in [6.07, 6.45) is 1.25. The number of urea groups is 1. The molecular weight excluding hydrogens is 657 g/mol. The zero-order valence-electron chi connectivity index (χ0n) is 28.7. The van der Waals surface area contributed by atoms with Crippen molar-refractivity contribution in [2.45, 2.75) is 77.0 Å². The number of ether oxygens (including phenoxy) is 2. The molecule has 1 aromatic heterocycles. The summed E-state index contributed by atoms with van der Waals surface area (Å²) in [5.74, 6) is -0.762. The molecule has 2 aromatic carbocycles. The maximum atomic E-state index is 14.3. The molecule has 0 saturated heterocycles. The minimum atomic E-state index is -3.97. The second kappa shape index (κ2) is 16.6. The zero-order chi connectivity index (χ0) is 35.9. The van der Waals surface area contributed by atoms with Crippen molar-refractivity contribution < 1.29 is 41.5 Å². The van der Waals surface area contributed by atoms with Gasteiger partial charge in [0.25, 0.3) is 5.91 Å². The number of nitrogens with zero attached hydrogens (tertiary/aromatic N) is 3. The summed E-state index contributed by atoms with van der Waals surface area (Å²) < 4.78 is 59.3. The number of hydrogen-bond acceptors (Lipinski definition) is 9. The van der Waals surface area contributed by atoms with Gasteiger partial charge in [-0.05, 0) is 89.4 Å². The Morgan fingerprint density at radius 3 is 2.45 bits per heavy atom. The molecule has 3 aromatic rings. The molecule has 49 heavy (non-hydrogen) atoms. The molecule has 15 heteroatoms. The highest BCUT2D eigenvalue weighted by atomic mass is 32.2. The first-order valence-corrected chi connectivity index (χ1v) is 17.7. The highest BCUT2D eigenvalue weighted by Crippen LogP contribution is 2.29. The van der Waals surface area contributed by atoms with E-state index in [9.17, 15) is 27.5 Å². The van der Waals surface area contributed by atoms with E-state index in [1.54, 1.807) is 32.9 Å². The van der Waals surface area contributed by atoms with Gasteiger partial charge in [0, 0.05) is 44.0 Å². The summed E-state index contributed by atoms with van der Waals surface area (Å²) in [7, 11) is -2.50. The number of anilines is 2. The van der Waals surface area contributed by atoms with Crippen molar-refractivity contribution in [3.63, 3.8) is 0 Å². The van der Waals surface area contributed by atoms with Crippen LogP contribution in [0.25, 0.3) is 0 Å². The van der Waals surface area contributed by atoms with Crippen LogP contribution >= 0.6 is 0 Å². The van der Waals surface area contributed by atoms with Gasteiger partial charge in [0.2, 0.25) is 10.0 Å². The van der Waals surface area contributed by atoms with E-state index in [4.69, 9.17) is 14.0 Å². The average molecular weight is 704 g/mol. The summed E-state index contributed by atoms with van der Waals surface area (Å²) in [4.78, 5) is 28.6. The second-order valence-corrected chi connectivity index (χ2v) is 14.5.